The standard InChI is InChI=1S/C17H25NOS/c1-3-18-15(8-7-11-19-4-2)12-14-13-20-17-10-6-5-9-16(14)17/h5-6,9-10,13,15,18H,3-4,7-8,11-12H2,1-2H3. The molecule has 0 spiro atoms. The summed E-state index contributed by atoms with van der Waals surface area (Å²) in [6.45, 7) is 6.96. The van der Waals surface area contributed by atoms with E-state index in [2.05, 4.69) is 48.8 Å². The van der Waals surface area contributed by atoms with Gasteiger partial charge in [-0.05, 0) is 55.1 Å². The molecule has 2 rings (SSSR count). The molecule has 1 heterocycles. The van der Waals surface area contributed by atoms with Crippen molar-refractivity contribution in [2.45, 2.75) is 39.2 Å². The minimum atomic E-state index is 0.554. The van der Waals surface area contributed by atoms with Gasteiger partial charge in [0.2, 0.25) is 0 Å². The van der Waals surface area contributed by atoms with E-state index in [0.717, 1.165) is 32.6 Å². The lowest BCUT2D eigenvalue weighted by atomic mass is 10.0. The Labute approximate surface area is 126 Å². The van der Waals surface area contributed by atoms with Crippen LogP contribution in [0.15, 0.2) is 29.6 Å². The summed E-state index contributed by atoms with van der Waals surface area (Å²) in [5, 5.41) is 7.35. The molecule has 1 N–H and O–H groups in total. The van der Waals surface area contributed by atoms with Gasteiger partial charge in [-0.2, -0.15) is 0 Å². The van der Waals surface area contributed by atoms with E-state index in [0.29, 0.717) is 6.04 Å². The Balaban J connectivity index is 1.96. The summed E-state index contributed by atoms with van der Waals surface area (Å²) in [6.07, 6.45) is 3.43. The molecule has 2 aromatic rings. The van der Waals surface area contributed by atoms with E-state index >= 15 is 0 Å². The van der Waals surface area contributed by atoms with Crippen LogP contribution < -0.4 is 5.32 Å². The third kappa shape index (κ3) is 4.30. The molecule has 1 aromatic carbocycles. The summed E-state index contributed by atoms with van der Waals surface area (Å²) in [7, 11) is 0. The number of nitrogens with one attached hydrogen (secondary N) is 1. The molecule has 0 saturated carbocycles. The Hall–Kier alpha value is -0.900. The lowest BCUT2D eigenvalue weighted by Crippen LogP contribution is -2.31. The molecule has 0 radical (unpaired) electrons. The third-order valence-corrected chi connectivity index (χ3v) is 4.58. The highest BCUT2D eigenvalue weighted by Crippen LogP contribution is 2.27. The van der Waals surface area contributed by atoms with Gasteiger partial charge in [0.25, 0.3) is 0 Å². The monoisotopic (exact) mass is 291 g/mol. The van der Waals surface area contributed by atoms with Crippen molar-refractivity contribution >= 4 is 21.4 Å². The number of rotatable bonds is 9. The van der Waals surface area contributed by atoms with Crippen LogP contribution in [0.5, 0.6) is 0 Å². The maximum atomic E-state index is 5.44. The average molecular weight is 291 g/mol. The van der Waals surface area contributed by atoms with E-state index in [-0.39, 0.29) is 0 Å². The minimum Gasteiger partial charge on any atom is -0.382 e. The summed E-state index contributed by atoms with van der Waals surface area (Å²) in [6, 6.07) is 9.26. The molecule has 20 heavy (non-hydrogen) atoms. The van der Waals surface area contributed by atoms with Crippen LogP contribution in [0.2, 0.25) is 0 Å². The number of fused-ring (bicyclic) bond motifs is 1. The molecular weight excluding hydrogens is 266 g/mol. The van der Waals surface area contributed by atoms with Gasteiger partial charge >= 0.3 is 0 Å². The van der Waals surface area contributed by atoms with Gasteiger partial charge in [0.05, 0.1) is 0 Å². The van der Waals surface area contributed by atoms with Gasteiger partial charge in [-0.1, -0.05) is 25.1 Å². The number of thiophene rings is 1. The van der Waals surface area contributed by atoms with Crippen molar-refractivity contribution in [2.24, 2.45) is 0 Å². The zero-order valence-electron chi connectivity index (χ0n) is 12.5. The fourth-order valence-corrected chi connectivity index (χ4v) is 3.57. The maximum Gasteiger partial charge on any atom is 0.0466 e. The van der Waals surface area contributed by atoms with Crippen molar-refractivity contribution < 1.29 is 4.74 Å². The Morgan fingerprint density at radius 1 is 1.25 bits per heavy atom. The normalized spacial score (nSPS) is 12.9. The van der Waals surface area contributed by atoms with Crippen molar-refractivity contribution in [3.05, 3.63) is 35.2 Å². The Morgan fingerprint density at radius 2 is 2.10 bits per heavy atom. The van der Waals surface area contributed by atoms with Crippen LogP contribution in [0, 0.1) is 0 Å². The molecule has 0 aliphatic heterocycles. The van der Waals surface area contributed by atoms with Crippen molar-refractivity contribution in [1.29, 1.82) is 0 Å². The van der Waals surface area contributed by atoms with Crippen LogP contribution in [0.25, 0.3) is 10.1 Å². The van der Waals surface area contributed by atoms with E-state index in [1.54, 1.807) is 0 Å². The van der Waals surface area contributed by atoms with Crippen molar-refractivity contribution in [2.75, 3.05) is 19.8 Å². The Bertz CT molecular complexity index is 508. The minimum absolute atomic E-state index is 0.554. The van der Waals surface area contributed by atoms with Gasteiger partial charge in [0.15, 0.2) is 0 Å². The molecule has 3 heteroatoms. The van der Waals surface area contributed by atoms with Gasteiger partial charge in [-0.3, -0.25) is 0 Å². The molecule has 110 valence electrons. The van der Waals surface area contributed by atoms with Crippen molar-refractivity contribution in [1.82, 2.24) is 5.32 Å². The molecule has 0 amide bonds. The predicted molar refractivity (Wildman–Crippen MR) is 88.7 cm³/mol. The van der Waals surface area contributed by atoms with E-state index in [1.807, 2.05) is 11.3 Å². The second-order valence-electron chi connectivity index (χ2n) is 5.05. The molecule has 0 aliphatic rings. The van der Waals surface area contributed by atoms with Crippen molar-refractivity contribution in [3.8, 4) is 0 Å². The summed E-state index contributed by atoms with van der Waals surface area (Å²) in [4.78, 5) is 0. The SMILES string of the molecule is CCNC(CCCOCC)Cc1csc2ccccc12. The van der Waals surface area contributed by atoms with Crippen LogP contribution in [0.4, 0.5) is 0 Å². The van der Waals surface area contributed by atoms with Gasteiger partial charge in [0.1, 0.15) is 0 Å². The van der Waals surface area contributed by atoms with E-state index in [9.17, 15) is 0 Å². The number of benzene rings is 1. The van der Waals surface area contributed by atoms with Crippen LogP contribution in [-0.2, 0) is 11.2 Å². The second-order valence-corrected chi connectivity index (χ2v) is 5.97. The molecule has 1 aromatic heterocycles. The summed E-state index contributed by atoms with van der Waals surface area (Å²) in [5.74, 6) is 0. The number of hydrogen-bond donors (Lipinski definition) is 1. The molecule has 0 aliphatic carbocycles. The van der Waals surface area contributed by atoms with Crippen molar-refractivity contribution in [3.63, 3.8) is 0 Å². The summed E-state index contributed by atoms with van der Waals surface area (Å²) in [5.41, 5.74) is 1.48. The first-order valence-electron chi connectivity index (χ1n) is 7.61. The van der Waals surface area contributed by atoms with E-state index in [1.165, 1.54) is 22.1 Å². The summed E-state index contributed by atoms with van der Waals surface area (Å²) >= 11 is 1.85. The lowest BCUT2D eigenvalue weighted by molar-refractivity contribution is 0.141. The fourth-order valence-electron chi connectivity index (χ4n) is 2.60. The third-order valence-electron chi connectivity index (χ3n) is 3.57. The topological polar surface area (TPSA) is 21.3 Å². The first kappa shape index (κ1) is 15.5. The smallest absolute Gasteiger partial charge is 0.0466 e. The highest BCUT2D eigenvalue weighted by Gasteiger charge is 2.11. The zero-order valence-corrected chi connectivity index (χ0v) is 13.3. The van der Waals surface area contributed by atoms with Crippen LogP contribution in [0.3, 0.4) is 0 Å². The number of hydrogen-bond acceptors (Lipinski definition) is 3. The zero-order chi connectivity index (χ0) is 14.2. The highest BCUT2D eigenvalue weighted by molar-refractivity contribution is 7.17. The molecule has 2 nitrogen and oxygen atoms in total. The first-order valence-corrected chi connectivity index (χ1v) is 8.49. The largest absolute Gasteiger partial charge is 0.382 e. The van der Waals surface area contributed by atoms with Crippen LogP contribution in [0.1, 0.15) is 32.3 Å². The summed E-state index contributed by atoms with van der Waals surface area (Å²) < 4.78 is 6.84. The van der Waals surface area contributed by atoms with Gasteiger partial charge in [-0.15, -0.1) is 11.3 Å². The lowest BCUT2D eigenvalue weighted by Gasteiger charge is -2.17. The first-order chi connectivity index (χ1) is 9.85. The fraction of sp³-hybridized carbons (Fsp3) is 0.529. The van der Waals surface area contributed by atoms with Crippen LogP contribution >= 0.6 is 11.3 Å². The Morgan fingerprint density at radius 3 is 2.90 bits per heavy atom. The molecule has 0 bridgehead atoms. The molecule has 0 fully saturated rings. The number of likely N-dealkylation sites (N-methyl/N-ethyl adjacent to an activating group) is 1. The second kappa shape index (κ2) is 8.40. The quantitative estimate of drug-likeness (QED) is 0.698. The Kier molecular flexibility index (Phi) is 6.51. The molecule has 1 atom stereocenters. The van der Waals surface area contributed by atoms with Gasteiger partial charge in [-0.25, -0.2) is 0 Å². The number of ether oxygens (including phenoxy) is 1. The van der Waals surface area contributed by atoms with Crippen LogP contribution in [-0.4, -0.2) is 25.8 Å². The van der Waals surface area contributed by atoms with E-state index in [4.69, 9.17) is 4.74 Å². The van der Waals surface area contributed by atoms with E-state index < -0.39 is 0 Å². The molecular formula is C17H25NOS. The highest BCUT2D eigenvalue weighted by atomic mass is 32.1. The van der Waals surface area contributed by atoms with Gasteiger partial charge < -0.3 is 10.1 Å². The molecule has 0 saturated heterocycles. The predicted octanol–water partition coefficient (Wildman–Crippen LogP) is 4.24. The van der Waals surface area contributed by atoms with Gasteiger partial charge in [0, 0.05) is 24.0 Å². The molecule has 1 unspecified atom stereocenters. The average Bonchev–Trinajstić information content (AvgIpc) is 2.87. The maximum absolute atomic E-state index is 5.44.